The molecule has 1 atom stereocenters. The van der Waals surface area contributed by atoms with Gasteiger partial charge in [-0.15, -0.1) is 0 Å². The summed E-state index contributed by atoms with van der Waals surface area (Å²) in [5, 5.41) is 4.07. The third-order valence-corrected chi connectivity index (χ3v) is 3.86. The van der Waals surface area contributed by atoms with Gasteiger partial charge >= 0.3 is 0 Å². The van der Waals surface area contributed by atoms with Gasteiger partial charge in [0.25, 0.3) is 0 Å². The van der Waals surface area contributed by atoms with Crippen molar-refractivity contribution in [3.63, 3.8) is 0 Å². The van der Waals surface area contributed by atoms with Crippen molar-refractivity contribution in [2.75, 3.05) is 11.9 Å². The molecule has 1 fully saturated rings. The average Bonchev–Trinajstić information content (AvgIpc) is 2.39. The van der Waals surface area contributed by atoms with E-state index in [0.717, 1.165) is 5.82 Å². The highest BCUT2D eigenvalue weighted by Gasteiger charge is 2.23. The summed E-state index contributed by atoms with van der Waals surface area (Å²) in [6.07, 6.45) is 8.27. The Morgan fingerprint density at radius 2 is 2.18 bits per heavy atom. The molecular formula is C13H20ClN3. The summed E-state index contributed by atoms with van der Waals surface area (Å²) in [7, 11) is 0. The lowest BCUT2D eigenvalue weighted by Gasteiger charge is -2.30. The Balaban J connectivity index is 2.01. The van der Waals surface area contributed by atoms with Crippen LogP contribution in [0.5, 0.6) is 0 Å². The van der Waals surface area contributed by atoms with Crippen LogP contribution in [-0.2, 0) is 0 Å². The molecule has 0 amide bonds. The first-order valence-electron chi connectivity index (χ1n) is 6.38. The number of rotatable bonds is 4. The Labute approximate surface area is 108 Å². The number of halogens is 1. The molecule has 0 saturated heterocycles. The van der Waals surface area contributed by atoms with Crippen LogP contribution in [0.3, 0.4) is 0 Å². The maximum absolute atomic E-state index is 6.10. The molecule has 17 heavy (non-hydrogen) atoms. The van der Waals surface area contributed by atoms with Crippen molar-refractivity contribution in [1.82, 2.24) is 4.98 Å². The molecule has 1 aliphatic rings. The van der Waals surface area contributed by atoms with Crippen LogP contribution in [0.1, 0.15) is 32.1 Å². The fourth-order valence-electron chi connectivity index (χ4n) is 2.57. The molecule has 2 rings (SSSR count). The Bertz CT molecular complexity index is 350. The molecule has 0 bridgehead atoms. The minimum absolute atomic E-state index is 0.294. The molecule has 1 unspecified atom stereocenters. The van der Waals surface area contributed by atoms with E-state index in [-0.39, 0.29) is 0 Å². The van der Waals surface area contributed by atoms with Gasteiger partial charge in [-0.25, -0.2) is 4.98 Å². The largest absolute Gasteiger partial charge is 0.365 e. The predicted molar refractivity (Wildman–Crippen MR) is 72.3 cm³/mol. The van der Waals surface area contributed by atoms with Crippen molar-refractivity contribution >= 4 is 17.4 Å². The van der Waals surface area contributed by atoms with E-state index in [1.807, 2.05) is 12.1 Å². The van der Waals surface area contributed by atoms with E-state index < -0.39 is 0 Å². The van der Waals surface area contributed by atoms with Crippen molar-refractivity contribution < 1.29 is 0 Å². The van der Waals surface area contributed by atoms with Gasteiger partial charge in [0, 0.05) is 18.8 Å². The first kappa shape index (κ1) is 12.7. The second kappa shape index (κ2) is 6.22. The summed E-state index contributed by atoms with van der Waals surface area (Å²) >= 11 is 6.10. The van der Waals surface area contributed by atoms with Crippen LogP contribution < -0.4 is 11.1 Å². The monoisotopic (exact) mass is 253 g/mol. The topological polar surface area (TPSA) is 50.9 Å². The normalized spacial score (nSPS) is 18.9. The lowest BCUT2D eigenvalue weighted by Crippen LogP contribution is -2.37. The second-order valence-electron chi connectivity index (χ2n) is 4.72. The van der Waals surface area contributed by atoms with Crippen LogP contribution >= 0.6 is 11.6 Å². The van der Waals surface area contributed by atoms with E-state index in [1.54, 1.807) is 6.20 Å². The summed E-state index contributed by atoms with van der Waals surface area (Å²) in [5.74, 6) is 1.42. The van der Waals surface area contributed by atoms with Gasteiger partial charge in [-0.2, -0.15) is 0 Å². The summed E-state index contributed by atoms with van der Waals surface area (Å²) in [5.41, 5.74) is 5.87. The molecule has 0 radical (unpaired) electrons. The maximum atomic E-state index is 6.10. The van der Waals surface area contributed by atoms with Crippen molar-refractivity contribution in [1.29, 1.82) is 0 Å². The van der Waals surface area contributed by atoms with Gasteiger partial charge in [0.15, 0.2) is 0 Å². The summed E-state index contributed by atoms with van der Waals surface area (Å²) in [6, 6.07) is 3.99. The van der Waals surface area contributed by atoms with E-state index in [1.165, 1.54) is 32.1 Å². The molecule has 3 N–H and O–H groups in total. The summed E-state index contributed by atoms with van der Waals surface area (Å²) in [6.45, 7) is 0.636. The Morgan fingerprint density at radius 3 is 2.82 bits per heavy atom. The Morgan fingerprint density at radius 1 is 1.41 bits per heavy atom. The molecule has 1 aromatic rings. The lowest BCUT2D eigenvalue weighted by atomic mass is 9.84. The molecule has 4 heteroatoms. The average molecular weight is 254 g/mol. The highest BCUT2D eigenvalue weighted by atomic mass is 35.5. The number of aromatic nitrogens is 1. The van der Waals surface area contributed by atoms with Gasteiger partial charge in [-0.05, 0) is 30.9 Å². The van der Waals surface area contributed by atoms with E-state index in [9.17, 15) is 0 Å². The second-order valence-corrected chi connectivity index (χ2v) is 5.13. The molecule has 94 valence electrons. The Hall–Kier alpha value is -0.800. The van der Waals surface area contributed by atoms with E-state index in [0.29, 0.717) is 23.5 Å². The third-order valence-electron chi connectivity index (χ3n) is 3.55. The number of nitrogens with one attached hydrogen (secondary N) is 1. The summed E-state index contributed by atoms with van der Waals surface area (Å²) < 4.78 is 0. The zero-order valence-electron chi connectivity index (χ0n) is 10.0. The number of hydrogen-bond acceptors (Lipinski definition) is 3. The van der Waals surface area contributed by atoms with Gasteiger partial charge in [0.2, 0.25) is 0 Å². The van der Waals surface area contributed by atoms with E-state index in [4.69, 9.17) is 17.3 Å². The van der Waals surface area contributed by atoms with Gasteiger partial charge in [0.1, 0.15) is 5.82 Å². The molecule has 1 heterocycles. The number of hydrogen-bond donors (Lipinski definition) is 2. The van der Waals surface area contributed by atoms with Gasteiger partial charge in [-0.3, -0.25) is 0 Å². The van der Waals surface area contributed by atoms with Crippen LogP contribution in [0.15, 0.2) is 18.3 Å². The van der Waals surface area contributed by atoms with Crippen LogP contribution in [0.4, 0.5) is 5.82 Å². The first-order chi connectivity index (χ1) is 8.31. The minimum atomic E-state index is 0.294. The van der Waals surface area contributed by atoms with Crippen molar-refractivity contribution in [2.45, 2.75) is 38.1 Å². The quantitative estimate of drug-likeness (QED) is 0.867. The molecule has 3 nitrogen and oxygen atoms in total. The predicted octanol–water partition coefficient (Wildman–Crippen LogP) is 3.05. The van der Waals surface area contributed by atoms with Gasteiger partial charge in [-0.1, -0.05) is 30.9 Å². The highest BCUT2D eigenvalue weighted by molar-refractivity contribution is 6.32. The molecule has 0 aliphatic heterocycles. The van der Waals surface area contributed by atoms with Crippen molar-refractivity contribution in [2.24, 2.45) is 11.7 Å². The SMILES string of the molecule is NCC(Nc1ncccc1Cl)C1CCCCC1. The van der Waals surface area contributed by atoms with Gasteiger partial charge in [0.05, 0.1) is 5.02 Å². The molecule has 0 spiro atoms. The van der Waals surface area contributed by atoms with Crippen LogP contribution in [0.25, 0.3) is 0 Å². The van der Waals surface area contributed by atoms with Crippen LogP contribution in [-0.4, -0.2) is 17.6 Å². The fraction of sp³-hybridized carbons (Fsp3) is 0.615. The summed E-state index contributed by atoms with van der Waals surface area (Å²) in [4.78, 5) is 4.26. The van der Waals surface area contributed by atoms with E-state index >= 15 is 0 Å². The van der Waals surface area contributed by atoms with Crippen molar-refractivity contribution in [3.8, 4) is 0 Å². The number of nitrogens with zero attached hydrogens (tertiary/aromatic N) is 1. The van der Waals surface area contributed by atoms with E-state index in [2.05, 4.69) is 10.3 Å². The minimum Gasteiger partial charge on any atom is -0.365 e. The third kappa shape index (κ3) is 3.33. The molecule has 1 aliphatic carbocycles. The molecule has 1 aromatic heterocycles. The van der Waals surface area contributed by atoms with Gasteiger partial charge < -0.3 is 11.1 Å². The highest BCUT2D eigenvalue weighted by Crippen LogP contribution is 2.28. The Kier molecular flexibility index (Phi) is 4.63. The lowest BCUT2D eigenvalue weighted by molar-refractivity contribution is 0.320. The van der Waals surface area contributed by atoms with Crippen LogP contribution in [0, 0.1) is 5.92 Å². The zero-order valence-corrected chi connectivity index (χ0v) is 10.8. The molecular weight excluding hydrogens is 234 g/mol. The first-order valence-corrected chi connectivity index (χ1v) is 6.76. The van der Waals surface area contributed by atoms with Crippen LogP contribution in [0.2, 0.25) is 5.02 Å². The maximum Gasteiger partial charge on any atom is 0.145 e. The zero-order chi connectivity index (χ0) is 12.1. The number of anilines is 1. The molecule has 1 saturated carbocycles. The standard InChI is InChI=1S/C13H20ClN3/c14-11-7-4-8-16-13(11)17-12(9-15)10-5-2-1-3-6-10/h4,7-8,10,12H,1-3,5-6,9,15H2,(H,16,17). The number of pyridine rings is 1. The number of nitrogens with two attached hydrogens (primary N) is 1. The van der Waals surface area contributed by atoms with Crippen molar-refractivity contribution in [3.05, 3.63) is 23.4 Å². The fourth-order valence-corrected chi connectivity index (χ4v) is 2.75. The smallest absolute Gasteiger partial charge is 0.145 e. The molecule has 0 aromatic carbocycles.